The van der Waals surface area contributed by atoms with Gasteiger partial charge in [0.1, 0.15) is 5.60 Å². The fourth-order valence-corrected chi connectivity index (χ4v) is 3.98. The van der Waals surface area contributed by atoms with Crippen molar-refractivity contribution in [3.05, 3.63) is 42.0 Å². The van der Waals surface area contributed by atoms with E-state index in [1.807, 2.05) is 0 Å². The molecule has 2 saturated heterocycles. The van der Waals surface area contributed by atoms with Crippen LogP contribution < -0.4 is 10.0 Å². The lowest BCUT2D eigenvalue weighted by molar-refractivity contribution is -0.313. The van der Waals surface area contributed by atoms with E-state index in [0.717, 1.165) is 0 Å². The molecule has 3 aliphatic heterocycles. The van der Waals surface area contributed by atoms with Crippen LogP contribution in [0.2, 0.25) is 0 Å². The highest BCUT2D eigenvalue weighted by molar-refractivity contribution is 6.02. The van der Waals surface area contributed by atoms with Gasteiger partial charge >= 0.3 is 5.97 Å². The molecule has 3 aliphatic rings. The monoisotopic (exact) mass is 342 g/mol. The summed E-state index contributed by atoms with van der Waals surface area (Å²) < 4.78 is 10.7. The largest absolute Gasteiger partial charge is 0.550 e. The minimum Gasteiger partial charge on any atom is -0.550 e. The molecule has 25 heavy (non-hydrogen) atoms. The zero-order valence-corrected chi connectivity index (χ0v) is 13.5. The first-order valence-electron chi connectivity index (χ1n) is 8.13. The second kappa shape index (κ2) is 5.42. The number of carboxylic acids is 1. The Bertz CT molecular complexity index is 785. The van der Waals surface area contributed by atoms with Gasteiger partial charge in [-0.25, -0.2) is 4.79 Å². The Morgan fingerprint density at radius 2 is 2.08 bits per heavy atom. The van der Waals surface area contributed by atoms with Crippen LogP contribution in [-0.2, 0) is 19.1 Å². The molecule has 3 heterocycles. The molecule has 4 atom stereocenters. The molecule has 0 N–H and O–H groups in total. The predicted octanol–water partition coefficient (Wildman–Crippen LogP) is -0.100. The highest BCUT2D eigenvalue weighted by Crippen LogP contribution is 2.52. The summed E-state index contributed by atoms with van der Waals surface area (Å²) >= 11 is 0. The maximum absolute atomic E-state index is 12.8. The minimum absolute atomic E-state index is 0.242. The van der Waals surface area contributed by atoms with E-state index < -0.39 is 35.5 Å². The number of anilines is 1. The second-order valence-corrected chi connectivity index (χ2v) is 6.41. The predicted molar refractivity (Wildman–Crippen MR) is 83.5 cm³/mol. The summed E-state index contributed by atoms with van der Waals surface area (Å²) in [7, 11) is 0. The number of carbonyl (C=O) groups is 3. The molecule has 1 aromatic rings. The van der Waals surface area contributed by atoms with Crippen LogP contribution >= 0.6 is 0 Å². The molecule has 2 bridgehead atoms. The Kier molecular flexibility index (Phi) is 3.43. The molecule has 1 amide bonds. The Hall–Kier alpha value is -2.67. The Morgan fingerprint density at radius 3 is 2.72 bits per heavy atom. The molecule has 130 valence electrons. The average molecular weight is 342 g/mol. The summed E-state index contributed by atoms with van der Waals surface area (Å²) in [6.07, 6.45) is 2.87. The number of esters is 1. The zero-order chi connectivity index (χ0) is 17.8. The molecular weight excluding hydrogens is 326 g/mol. The lowest BCUT2D eigenvalue weighted by Crippen LogP contribution is -2.45. The van der Waals surface area contributed by atoms with Gasteiger partial charge in [0.2, 0.25) is 5.91 Å². The van der Waals surface area contributed by atoms with Crippen molar-refractivity contribution in [1.82, 2.24) is 0 Å². The summed E-state index contributed by atoms with van der Waals surface area (Å²) in [5.74, 6) is -3.75. The van der Waals surface area contributed by atoms with E-state index >= 15 is 0 Å². The van der Waals surface area contributed by atoms with Crippen molar-refractivity contribution in [3.63, 3.8) is 0 Å². The first kappa shape index (κ1) is 15.8. The van der Waals surface area contributed by atoms with Crippen molar-refractivity contribution in [1.29, 1.82) is 0 Å². The summed E-state index contributed by atoms with van der Waals surface area (Å²) in [4.78, 5) is 37.5. The smallest absolute Gasteiger partial charge is 0.338 e. The highest BCUT2D eigenvalue weighted by Gasteiger charge is 2.65. The Morgan fingerprint density at radius 1 is 1.36 bits per heavy atom. The van der Waals surface area contributed by atoms with Gasteiger partial charge < -0.3 is 24.3 Å². The van der Waals surface area contributed by atoms with Gasteiger partial charge in [0.15, 0.2) is 0 Å². The van der Waals surface area contributed by atoms with Crippen molar-refractivity contribution in [2.24, 2.45) is 11.8 Å². The average Bonchev–Trinajstić information content (AvgIpc) is 3.23. The molecule has 0 aromatic heterocycles. The van der Waals surface area contributed by atoms with Gasteiger partial charge in [-0.15, -0.1) is 0 Å². The number of carboxylic acid groups (broad SMARTS) is 1. The van der Waals surface area contributed by atoms with Gasteiger partial charge in [0.05, 0.1) is 30.7 Å². The number of ether oxygens (including phenoxy) is 2. The number of carbonyl (C=O) groups excluding carboxylic acids is 3. The third-order valence-electron chi connectivity index (χ3n) is 5.06. The lowest BCUT2D eigenvalue weighted by atomic mass is 9.77. The number of fused-ring (bicyclic) bond motifs is 1. The second-order valence-electron chi connectivity index (χ2n) is 6.41. The number of amides is 1. The Balaban J connectivity index is 1.61. The normalized spacial score (nSPS) is 32.1. The first-order chi connectivity index (χ1) is 12.0. The molecule has 2 fully saturated rings. The van der Waals surface area contributed by atoms with E-state index in [4.69, 9.17) is 9.47 Å². The van der Waals surface area contributed by atoms with E-state index in [2.05, 4.69) is 0 Å². The van der Waals surface area contributed by atoms with E-state index in [0.29, 0.717) is 11.3 Å². The summed E-state index contributed by atoms with van der Waals surface area (Å²) in [6.45, 7) is 2.25. The van der Waals surface area contributed by atoms with Crippen LogP contribution in [0.15, 0.2) is 36.4 Å². The number of benzene rings is 1. The van der Waals surface area contributed by atoms with Crippen LogP contribution in [0.5, 0.6) is 0 Å². The summed E-state index contributed by atoms with van der Waals surface area (Å²) in [5, 5.41) is 11.5. The highest BCUT2D eigenvalue weighted by atomic mass is 16.5. The molecule has 0 saturated carbocycles. The molecule has 1 aromatic carbocycles. The molecular formula is C18H16NO6-. The molecule has 7 nitrogen and oxygen atoms in total. The van der Waals surface area contributed by atoms with E-state index in [1.165, 1.54) is 4.90 Å². The molecule has 1 spiro atoms. The maximum atomic E-state index is 12.8. The maximum Gasteiger partial charge on any atom is 0.338 e. The van der Waals surface area contributed by atoms with Crippen molar-refractivity contribution in [2.45, 2.75) is 18.6 Å². The number of aliphatic carboxylic acids is 1. The first-order valence-corrected chi connectivity index (χ1v) is 8.13. The summed E-state index contributed by atoms with van der Waals surface area (Å²) in [5.41, 5.74) is 0.0615. The van der Waals surface area contributed by atoms with E-state index in [9.17, 15) is 19.5 Å². The number of rotatable bonds is 4. The van der Waals surface area contributed by atoms with E-state index in [-0.39, 0.29) is 19.1 Å². The number of hydrogen-bond acceptors (Lipinski definition) is 6. The van der Waals surface area contributed by atoms with Gasteiger partial charge in [-0.3, -0.25) is 4.79 Å². The van der Waals surface area contributed by atoms with Crippen molar-refractivity contribution in [3.8, 4) is 0 Å². The molecule has 0 aliphatic carbocycles. The molecule has 0 radical (unpaired) electrons. The van der Waals surface area contributed by atoms with Crippen LogP contribution in [0, 0.1) is 11.8 Å². The van der Waals surface area contributed by atoms with Crippen LogP contribution in [0.4, 0.5) is 5.69 Å². The van der Waals surface area contributed by atoms with Gasteiger partial charge in [0.25, 0.3) is 0 Å². The fourth-order valence-electron chi connectivity index (χ4n) is 3.98. The molecule has 7 heteroatoms. The van der Waals surface area contributed by atoms with Crippen molar-refractivity contribution >= 4 is 23.5 Å². The van der Waals surface area contributed by atoms with Gasteiger partial charge in [-0.05, 0) is 31.2 Å². The molecule has 0 unspecified atom stereocenters. The fraction of sp³-hybridized carbons (Fsp3) is 0.389. The van der Waals surface area contributed by atoms with Gasteiger partial charge in [-0.1, -0.05) is 12.2 Å². The van der Waals surface area contributed by atoms with Gasteiger partial charge in [0, 0.05) is 17.6 Å². The van der Waals surface area contributed by atoms with Gasteiger partial charge in [-0.2, -0.15) is 0 Å². The third kappa shape index (κ3) is 2.19. The minimum atomic E-state index is -1.27. The summed E-state index contributed by atoms with van der Waals surface area (Å²) in [6, 6.07) is 6.45. The van der Waals surface area contributed by atoms with Crippen LogP contribution in [0.3, 0.4) is 0 Å². The number of nitrogens with zero attached hydrogens (tertiary/aromatic N) is 1. The quantitative estimate of drug-likeness (QED) is 0.560. The van der Waals surface area contributed by atoms with Crippen LogP contribution in [0.1, 0.15) is 17.3 Å². The van der Waals surface area contributed by atoms with E-state index in [1.54, 1.807) is 43.3 Å². The molecule has 4 rings (SSSR count). The third-order valence-corrected chi connectivity index (χ3v) is 5.06. The zero-order valence-electron chi connectivity index (χ0n) is 13.5. The van der Waals surface area contributed by atoms with Crippen molar-refractivity contribution in [2.75, 3.05) is 18.1 Å². The van der Waals surface area contributed by atoms with Crippen LogP contribution in [-0.4, -0.2) is 42.7 Å². The Labute approximate surface area is 143 Å². The lowest BCUT2D eigenvalue weighted by Gasteiger charge is -2.24. The number of hydrogen-bond donors (Lipinski definition) is 0. The topological polar surface area (TPSA) is 96.0 Å². The SMILES string of the molecule is CCOC(=O)c1ccc(N2C[C@]34C=C[C@@H](O3)[C@@H](C(=O)[O-])[C@@H]4C2=O)cc1. The van der Waals surface area contributed by atoms with Crippen LogP contribution in [0.25, 0.3) is 0 Å². The standard InChI is InChI=1S/C18H17NO6/c1-2-24-17(23)10-3-5-11(6-4-10)19-9-18-8-7-12(25-18)13(16(21)22)14(18)15(19)20/h3-8,12-14H,2,9H2,1H3,(H,21,22)/p-1/t12-,13-,14-,18+/m1/s1. The van der Waals surface area contributed by atoms with Crippen molar-refractivity contribution < 1.29 is 29.0 Å².